The summed E-state index contributed by atoms with van der Waals surface area (Å²) < 4.78 is 0. The molecule has 1 aromatic rings. The van der Waals surface area contributed by atoms with Gasteiger partial charge in [-0.25, -0.2) is 0 Å². The molecule has 21 heavy (non-hydrogen) atoms. The minimum atomic E-state index is -0.210. The van der Waals surface area contributed by atoms with E-state index in [1.807, 2.05) is 0 Å². The molecule has 0 heterocycles. The summed E-state index contributed by atoms with van der Waals surface area (Å²) in [7, 11) is 3.39. The van der Waals surface area contributed by atoms with Gasteiger partial charge in [0.2, 0.25) is 5.91 Å². The number of hydrogen-bond donors (Lipinski definition) is 2. The van der Waals surface area contributed by atoms with Gasteiger partial charge in [-0.05, 0) is 30.5 Å². The molecule has 5 nitrogen and oxygen atoms in total. The number of benzene rings is 1. The van der Waals surface area contributed by atoms with Gasteiger partial charge in [-0.1, -0.05) is 19.9 Å². The van der Waals surface area contributed by atoms with E-state index in [9.17, 15) is 9.59 Å². The molecule has 0 aliphatic carbocycles. The Kier molecular flexibility index (Phi) is 6.37. The Morgan fingerprint density at radius 3 is 2.48 bits per heavy atom. The van der Waals surface area contributed by atoms with E-state index >= 15 is 0 Å². The zero-order valence-electron chi connectivity index (χ0n) is 13.2. The van der Waals surface area contributed by atoms with Crippen LogP contribution < -0.4 is 11.1 Å². The van der Waals surface area contributed by atoms with Crippen LogP contribution in [0, 0.1) is 11.8 Å². The highest BCUT2D eigenvalue weighted by Crippen LogP contribution is 2.16. The number of carbonyl (C=O) groups is 2. The van der Waals surface area contributed by atoms with Crippen molar-refractivity contribution in [2.75, 3.05) is 26.0 Å². The highest BCUT2D eigenvalue weighted by Gasteiger charge is 2.18. The average Bonchev–Trinajstić information content (AvgIpc) is 2.43. The summed E-state index contributed by atoms with van der Waals surface area (Å²) in [6.07, 6.45) is 0.749. The van der Waals surface area contributed by atoms with Gasteiger partial charge in [0.15, 0.2) is 0 Å². The van der Waals surface area contributed by atoms with Crippen LogP contribution in [0.4, 0.5) is 5.69 Å². The average molecular weight is 291 g/mol. The van der Waals surface area contributed by atoms with Gasteiger partial charge in [-0.15, -0.1) is 0 Å². The third-order valence-electron chi connectivity index (χ3n) is 3.19. The summed E-state index contributed by atoms with van der Waals surface area (Å²) in [6.45, 7) is 4.44. The maximum absolute atomic E-state index is 12.2. The number of nitrogens with one attached hydrogen (secondary N) is 1. The largest absolute Gasteiger partial charge is 0.345 e. The lowest BCUT2D eigenvalue weighted by Gasteiger charge is -2.17. The van der Waals surface area contributed by atoms with Crippen molar-refractivity contribution >= 4 is 17.5 Å². The zero-order valence-corrected chi connectivity index (χ0v) is 13.2. The second-order valence-corrected chi connectivity index (χ2v) is 5.83. The first-order chi connectivity index (χ1) is 9.85. The van der Waals surface area contributed by atoms with Crippen molar-refractivity contribution in [2.24, 2.45) is 17.6 Å². The van der Waals surface area contributed by atoms with E-state index in [1.54, 1.807) is 38.4 Å². The van der Waals surface area contributed by atoms with Gasteiger partial charge in [0.05, 0.1) is 5.92 Å². The third kappa shape index (κ3) is 5.19. The minimum Gasteiger partial charge on any atom is -0.345 e. The van der Waals surface area contributed by atoms with Crippen LogP contribution in [-0.2, 0) is 4.79 Å². The highest BCUT2D eigenvalue weighted by atomic mass is 16.2. The molecule has 0 spiro atoms. The summed E-state index contributed by atoms with van der Waals surface area (Å²) >= 11 is 0. The Labute approximate surface area is 126 Å². The van der Waals surface area contributed by atoms with Crippen molar-refractivity contribution in [1.29, 1.82) is 0 Å². The van der Waals surface area contributed by atoms with Crippen molar-refractivity contribution in [2.45, 2.75) is 20.3 Å². The zero-order chi connectivity index (χ0) is 16.0. The minimum absolute atomic E-state index is 0.0938. The Hall–Kier alpha value is -1.88. The number of rotatable bonds is 6. The highest BCUT2D eigenvalue weighted by molar-refractivity contribution is 5.97. The first-order valence-electron chi connectivity index (χ1n) is 7.17. The van der Waals surface area contributed by atoms with Gasteiger partial charge >= 0.3 is 0 Å². The molecule has 0 bridgehead atoms. The van der Waals surface area contributed by atoms with Crippen LogP contribution in [0.5, 0.6) is 0 Å². The third-order valence-corrected chi connectivity index (χ3v) is 3.19. The van der Waals surface area contributed by atoms with Crippen LogP contribution in [0.1, 0.15) is 30.6 Å². The number of amides is 2. The lowest BCUT2D eigenvalue weighted by Crippen LogP contribution is -2.30. The van der Waals surface area contributed by atoms with Crippen LogP contribution in [0.25, 0.3) is 0 Å². The van der Waals surface area contributed by atoms with Crippen LogP contribution >= 0.6 is 0 Å². The Bertz CT molecular complexity index is 498. The lowest BCUT2D eigenvalue weighted by atomic mass is 9.96. The van der Waals surface area contributed by atoms with Crippen molar-refractivity contribution in [3.05, 3.63) is 29.8 Å². The molecule has 0 saturated heterocycles. The maximum atomic E-state index is 12.2. The summed E-state index contributed by atoms with van der Waals surface area (Å²) in [5.41, 5.74) is 6.84. The van der Waals surface area contributed by atoms with E-state index in [4.69, 9.17) is 5.73 Å². The summed E-state index contributed by atoms with van der Waals surface area (Å²) in [5.74, 6) is 0.00784. The SMILES string of the molecule is CC(C)CC(CN)C(=O)Nc1cccc(C(=O)N(C)C)c1. The van der Waals surface area contributed by atoms with E-state index in [0.717, 1.165) is 6.42 Å². The summed E-state index contributed by atoms with van der Waals surface area (Å²) in [4.78, 5) is 25.6. The number of carbonyl (C=O) groups excluding carboxylic acids is 2. The van der Waals surface area contributed by atoms with Crippen LogP contribution in [0.3, 0.4) is 0 Å². The molecule has 1 rings (SSSR count). The smallest absolute Gasteiger partial charge is 0.253 e. The molecule has 0 fully saturated rings. The van der Waals surface area contributed by atoms with E-state index in [-0.39, 0.29) is 17.7 Å². The quantitative estimate of drug-likeness (QED) is 0.841. The number of nitrogens with zero attached hydrogens (tertiary/aromatic N) is 1. The molecular formula is C16H25N3O2. The molecule has 0 radical (unpaired) electrons. The molecule has 0 aromatic heterocycles. The molecule has 3 N–H and O–H groups in total. The van der Waals surface area contributed by atoms with Crippen LogP contribution in [0.2, 0.25) is 0 Å². The lowest BCUT2D eigenvalue weighted by molar-refractivity contribution is -0.120. The molecule has 1 unspecified atom stereocenters. The van der Waals surface area contributed by atoms with E-state index < -0.39 is 0 Å². The number of hydrogen-bond acceptors (Lipinski definition) is 3. The van der Waals surface area contributed by atoms with Crippen LogP contribution in [0.15, 0.2) is 24.3 Å². The van der Waals surface area contributed by atoms with Crippen molar-refractivity contribution < 1.29 is 9.59 Å². The first kappa shape index (κ1) is 17.2. The van der Waals surface area contributed by atoms with Crippen molar-refractivity contribution in [3.8, 4) is 0 Å². The van der Waals surface area contributed by atoms with Gasteiger partial charge in [0.25, 0.3) is 5.91 Å². The number of nitrogens with two attached hydrogens (primary N) is 1. The monoisotopic (exact) mass is 291 g/mol. The standard InChI is InChI=1S/C16H25N3O2/c1-11(2)8-13(10-17)15(20)18-14-7-5-6-12(9-14)16(21)19(3)4/h5-7,9,11,13H,8,10,17H2,1-4H3,(H,18,20). The molecule has 0 saturated carbocycles. The molecular weight excluding hydrogens is 266 g/mol. The number of anilines is 1. The van der Waals surface area contributed by atoms with Gasteiger partial charge in [-0.2, -0.15) is 0 Å². The Morgan fingerprint density at radius 1 is 1.29 bits per heavy atom. The van der Waals surface area contributed by atoms with Gasteiger partial charge in [0.1, 0.15) is 0 Å². The topological polar surface area (TPSA) is 75.4 Å². The van der Waals surface area contributed by atoms with Gasteiger partial charge < -0.3 is 16.0 Å². The molecule has 0 aliphatic heterocycles. The first-order valence-corrected chi connectivity index (χ1v) is 7.17. The normalized spacial score (nSPS) is 12.1. The molecule has 116 valence electrons. The van der Waals surface area contributed by atoms with E-state index in [2.05, 4.69) is 19.2 Å². The van der Waals surface area contributed by atoms with E-state index in [0.29, 0.717) is 23.7 Å². The molecule has 2 amide bonds. The fourth-order valence-electron chi connectivity index (χ4n) is 2.11. The summed E-state index contributed by atoms with van der Waals surface area (Å²) in [6, 6.07) is 6.94. The van der Waals surface area contributed by atoms with E-state index in [1.165, 1.54) is 4.90 Å². The van der Waals surface area contributed by atoms with Crippen LogP contribution in [-0.4, -0.2) is 37.4 Å². The summed E-state index contributed by atoms with van der Waals surface area (Å²) in [5, 5.41) is 2.84. The molecule has 5 heteroatoms. The second kappa shape index (κ2) is 7.78. The van der Waals surface area contributed by atoms with Gasteiger partial charge in [-0.3, -0.25) is 9.59 Å². The Balaban J connectivity index is 2.81. The van der Waals surface area contributed by atoms with Gasteiger partial charge in [0, 0.05) is 31.9 Å². The predicted molar refractivity (Wildman–Crippen MR) is 85.1 cm³/mol. The van der Waals surface area contributed by atoms with Crippen molar-refractivity contribution in [1.82, 2.24) is 4.90 Å². The fraction of sp³-hybridized carbons (Fsp3) is 0.500. The molecule has 1 atom stereocenters. The predicted octanol–water partition coefficient (Wildman–Crippen LogP) is 1.95. The maximum Gasteiger partial charge on any atom is 0.253 e. The molecule has 1 aromatic carbocycles. The fourth-order valence-corrected chi connectivity index (χ4v) is 2.11. The second-order valence-electron chi connectivity index (χ2n) is 5.83. The van der Waals surface area contributed by atoms with Crippen molar-refractivity contribution in [3.63, 3.8) is 0 Å². The Morgan fingerprint density at radius 2 is 1.95 bits per heavy atom. The molecule has 0 aliphatic rings.